The van der Waals surface area contributed by atoms with Gasteiger partial charge in [0.25, 0.3) is 5.69 Å². The lowest BCUT2D eigenvalue weighted by Gasteiger charge is -2.16. The standard InChI is InChI=1S/C25H25N5O4S2/c1-17-7-13-23(14-8-17)36(33,34)28-19(3)24-26-27-25(35-16-20-6-4-5-18(2)15-20)29(24)21-9-11-22(12-10-21)30(31)32/h4-15,19,28H,16H2,1-3H3. The van der Waals surface area contributed by atoms with E-state index in [1.807, 2.05) is 32.0 Å². The van der Waals surface area contributed by atoms with E-state index in [1.54, 1.807) is 47.9 Å². The summed E-state index contributed by atoms with van der Waals surface area (Å²) in [6, 6.07) is 19.9. The van der Waals surface area contributed by atoms with Gasteiger partial charge in [-0.2, -0.15) is 0 Å². The minimum atomic E-state index is -3.82. The van der Waals surface area contributed by atoms with Gasteiger partial charge < -0.3 is 0 Å². The molecule has 0 spiro atoms. The van der Waals surface area contributed by atoms with Gasteiger partial charge in [0.15, 0.2) is 11.0 Å². The molecule has 4 rings (SSSR count). The first-order valence-electron chi connectivity index (χ1n) is 11.1. The first-order chi connectivity index (χ1) is 17.1. The summed E-state index contributed by atoms with van der Waals surface area (Å²) >= 11 is 1.45. The summed E-state index contributed by atoms with van der Waals surface area (Å²) in [5.74, 6) is 0.988. The van der Waals surface area contributed by atoms with E-state index in [9.17, 15) is 18.5 Å². The number of nitrogens with one attached hydrogen (secondary N) is 1. The second-order valence-corrected chi connectivity index (χ2v) is 11.0. The lowest BCUT2D eigenvalue weighted by Crippen LogP contribution is -2.28. The maximum atomic E-state index is 13.0. The van der Waals surface area contributed by atoms with Crippen molar-refractivity contribution >= 4 is 27.5 Å². The summed E-state index contributed by atoms with van der Waals surface area (Å²) in [7, 11) is -3.82. The Bertz CT molecular complexity index is 1480. The summed E-state index contributed by atoms with van der Waals surface area (Å²) in [5.41, 5.74) is 3.75. The molecule has 1 atom stereocenters. The summed E-state index contributed by atoms with van der Waals surface area (Å²) in [5, 5.41) is 20.3. The fraction of sp³-hybridized carbons (Fsp3) is 0.200. The van der Waals surface area contributed by atoms with Crippen LogP contribution in [0.4, 0.5) is 5.69 Å². The van der Waals surface area contributed by atoms with E-state index in [-0.39, 0.29) is 10.6 Å². The van der Waals surface area contributed by atoms with E-state index in [0.29, 0.717) is 22.4 Å². The van der Waals surface area contributed by atoms with E-state index in [1.165, 1.54) is 23.9 Å². The number of aromatic nitrogens is 3. The molecule has 0 bridgehead atoms. The number of non-ortho nitro benzene ring substituents is 1. The van der Waals surface area contributed by atoms with Crippen LogP contribution in [-0.4, -0.2) is 28.1 Å². The molecule has 0 radical (unpaired) electrons. The molecule has 186 valence electrons. The average molecular weight is 524 g/mol. The van der Waals surface area contributed by atoms with Crippen molar-refractivity contribution in [3.8, 4) is 5.69 Å². The molecule has 4 aromatic rings. The highest BCUT2D eigenvalue weighted by atomic mass is 32.2. The summed E-state index contributed by atoms with van der Waals surface area (Å²) in [6.07, 6.45) is 0. The SMILES string of the molecule is Cc1ccc(S(=O)(=O)NC(C)c2nnc(SCc3cccc(C)c3)n2-c2ccc([N+](=O)[O-])cc2)cc1. The Balaban J connectivity index is 1.68. The van der Waals surface area contributed by atoms with E-state index in [2.05, 4.69) is 21.0 Å². The van der Waals surface area contributed by atoms with Crippen molar-refractivity contribution in [3.05, 3.63) is 105 Å². The Kier molecular flexibility index (Phi) is 7.53. The number of nitro benzene ring substituents is 1. The van der Waals surface area contributed by atoms with E-state index in [4.69, 9.17) is 0 Å². The number of thioether (sulfide) groups is 1. The first kappa shape index (κ1) is 25.5. The van der Waals surface area contributed by atoms with Crippen LogP contribution >= 0.6 is 11.8 Å². The molecule has 0 saturated heterocycles. The molecule has 1 aromatic heterocycles. The van der Waals surface area contributed by atoms with Gasteiger partial charge in [0.2, 0.25) is 10.0 Å². The van der Waals surface area contributed by atoms with Crippen LogP contribution in [0.2, 0.25) is 0 Å². The molecule has 1 N–H and O–H groups in total. The predicted molar refractivity (Wildman–Crippen MR) is 139 cm³/mol. The molecule has 11 heteroatoms. The maximum Gasteiger partial charge on any atom is 0.269 e. The number of benzene rings is 3. The second-order valence-electron chi connectivity index (χ2n) is 8.38. The molecule has 36 heavy (non-hydrogen) atoms. The quantitative estimate of drug-likeness (QED) is 0.184. The molecule has 9 nitrogen and oxygen atoms in total. The second kappa shape index (κ2) is 10.6. The Hall–Kier alpha value is -3.54. The highest BCUT2D eigenvalue weighted by Gasteiger charge is 2.25. The van der Waals surface area contributed by atoms with Crippen LogP contribution in [0, 0.1) is 24.0 Å². The third-order valence-corrected chi connectivity index (χ3v) is 8.03. The third-order valence-electron chi connectivity index (χ3n) is 5.48. The lowest BCUT2D eigenvalue weighted by atomic mass is 10.2. The van der Waals surface area contributed by atoms with Crippen LogP contribution < -0.4 is 4.72 Å². The Morgan fingerprint density at radius 3 is 2.33 bits per heavy atom. The minimum absolute atomic E-state index is 0.0459. The van der Waals surface area contributed by atoms with Gasteiger partial charge in [-0.25, -0.2) is 13.1 Å². The summed E-state index contributed by atoms with van der Waals surface area (Å²) in [4.78, 5) is 10.8. The molecule has 0 fully saturated rings. The first-order valence-corrected chi connectivity index (χ1v) is 13.6. The Morgan fingerprint density at radius 1 is 1.00 bits per heavy atom. The van der Waals surface area contributed by atoms with Crippen LogP contribution in [0.3, 0.4) is 0 Å². The van der Waals surface area contributed by atoms with Gasteiger partial charge in [-0.1, -0.05) is 59.3 Å². The van der Waals surface area contributed by atoms with Crippen molar-refractivity contribution in [2.75, 3.05) is 0 Å². The number of nitro groups is 1. The molecular formula is C25H25N5O4S2. The molecule has 0 aliphatic heterocycles. The third kappa shape index (κ3) is 5.81. The van der Waals surface area contributed by atoms with Gasteiger partial charge in [-0.05, 0) is 50.6 Å². The van der Waals surface area contributed by atoms with Gasteiger partial charge in [0.1, 0.15) is 0 Å². The summed E-state index contributed by atoms with van der Waals surface area (Å²) in [6.45, 7) is 5.59. The van der Waals surface area contributed by atoms with E-state index in [0.717, 1.165) is 16.7 Å². The molecule has 1 heterocycles. The summed E-state index contributed by atoms with van der Waals surface area (Å²) < 4.78 is 30.4. The van der Waals surface area contributed by atoms with Crippen molar-refractivity contribution in [1.29, 1.82) is 0 Å². The topological polar surface area (TPSA) is 120 Å². The fourth-order valence-electron chi connectivity index (χ4n) is 3.64. The van der Waals surface area contributed by atoms with Crippen molar-refractivity contribution in [1.82, 2.24) is 19.5 Å². The average Bonchev–Trinajstić information content (AvgIpc) is 3.27. The molecule has 0 amide bonds. The van der Waals surface area contributed by atoms with Gasteiger partial charge in [-0.3, -0.25) is 14.7 Å². The van der Waals surface area contributed by atoms with Gasteiger partial charge in [0.05, 0.1) is 15.9 Å². The number of aryl methyl sites for hydroxylation is 2. The fourth-order valence-corrected chi connectivity index (χ4v) is 5.75. The van der Waals surface area contributed by atoms with Gasteiger partial charge in [-0.15, -0.1) is 10.2 Å². The smallest absolute Gasteiger partial charge is 0.269 e. The van der Waals surface area contributed by atoms with Crippen LogP contribution in [0.1, 0.15) is 35.5 Å². The molecule has 3 aromatic carbocycles. The van der Waals surface area contributed by atoms with Crippen LogP contribution in [0.5, 0.6) is 0 Å². The maximum absolute atomic E-state index is 13.0. The van der Waals surface area contributed by atoms with Crippen LogP contribution in [0.25, 0.3) is 5.69 Å². The molecule has 1 unspecified atom stereocenters. The number of rotatable bonds is 9. The normalized spacial score (nSPS) is 12.4. The van der Waals surface area contributed by atoms with E-state index < -0.39 is 21.0 Å². The van der Waals surface area contributed by atoms with Crippen molar-refractivity contribution in [2.45, 2.75) is 42.6 Å². The van der Waals surface area contributed by atoms with Crippen LogP contribution in [0.15, 0.2) is 82.8 Å². The number of sulfonamides is 1. The van der Waals surface area contributed by atoms with Crippen molar-refractivity contribution in [3.63, 3.8) is 0 Å². The monoisotopic (exact) mass is 523 g/mol. The van der Waals surface area contributed by atoms with Gasteiger partial charge >= 0.3 is 0 Å². The highest BCUT2D eigenvalue weighted by Crippen LogP contribution is 2.29. The van der Waals surface area contributed by atoms with Crippen molar-refractivity contribution < 1.29 is 13.3 Å². The van der Waals surface area contributed by atoms with Gasteiger partial charge in [0, 0.05) is 23.6 Å². The number of hydrogen-bond acceptors (Lipinski definition) is 7. The largest absolute Gasteiger partial charge is 0.273 e. The number of nitrogens with zero attached hydrogens (tertiary/aromatic N) is 4. The van der Waals surface area contributed by atoms with Crippen molar-refractivity contribution in [2.24, 2.45) is 0 Å². The lowest BCUT2D eigenvalue weighted by molar-refractivity contribution is -0.384. The molecule has 0 aliphatic rings. The highest BCUT2D eigenvalue weighted by molar-refractivity contribution is 7.98. The predicted octanol–water partition coefficient (Wildman–Crippen LogP) is 5.12. The molecule has 0 aliphatic carbocycles. The molecule has 0 saturated carbocycles. The zero-order chi connectivity index (χ0) is 25.9. The number of hydrogen-bond donors (Lipinski definition) is 1. The molecular weight excluding hydrogens is 498 g/mol. The Morgan fingerprint density at radius 2 is 1.69 bits per heavy atom. The van der Waals surface area contributed by atoms with Crippen LogP contribution in [-0.2, 0) is 15.8 Å². The zero-order valence-corrected chi connectivity index (χ0v) is 21.6. The Labute approximate surface area is 213 Å². The zero-order valence-electron chi connectivity index (χ0n) is 20.0. The minimum Gasteiger partial charge on any atom is -0.273 e. The van der Waals surface area contributed by atoms with E-state index >= 15 is 0 Å².